The molecule has 1 aliphatic heterocycles. The average Bonchev–Trinajstić information content (AvgIpc) is 3.11. The Balaban J connectivity index is 0.000000641. The number of hydrogen-bond acceptors (Lipinski definition) is 7. The second-order valence-corrected chi connectivity index (χ2v) is 9.74. The van der Waals surface area contributed by atoms with Gasteiger partial charge in [0.25, 0.3) is 0 Å². The Morgan fingerprint density at radius 2 is 1.69 bits per heavy atom. The van der Waals surface area contributed by atoms with Gasteiger partial charge in [-0.15, -0.1) is 11.3 Å². The number of halogens is 1. The highest BCUT2D eigenvalue weighted by molar-refractivity contribution is 7.17. The van der Waals surface area contributed by atoms with Crippen LogP contribution in [0.1, 0.15) is 41.9 Å². The van der Waals surface area contributed by atoms with Crippen molar-refractivity contribution >= 4 is 51.8 Å². The molecule has 1 aliphatic rings. The quantitative estimate of drug-likeness (QED) is 0.374. The normalized spacial score (nSPS) is 13.9. The zero-order valence-electron chi connectivity index (χ0n) is 19.8. The lowest BCUT2D eigenvalue weighted by Gasteiger charge is -2.29. The number of likely N-dealkylation sites (tertiary alicyclic amines) is 1. The van der Waals surface area contributed by atoms with E-state index in [2.05, 4.69) is 17.1 Å². The molecule has 3 rings (SSSR count). The number of anilines is 1. The molecule has 0 spiro atoms. The number of hydrogen-bond donors (Lipinski definition) is 3. The van der Waals surface area contributed by atoms with Gasteiger partial charge in [0, 0.05) is 15.5 Å². The monoisotopic (exact) mass is 524 g/mol. The minimum Gasteiger partial charge on any atom is -0.473 e. The Morgan fingerprint density at radius 1 is 1.11 bits per heavy atom. The van der Waals surface area contributed by atoms with Crippen molar-refractivity contribution in [1.82, 2.24) is 4.90 Å². The van der Waals surface area contributed by atoms with E-state index in [0.717, 1.165) is 41.9 Å². The maximum atomic E-state index is 12.7. The van der Waals surface area contributed by atoms with Crippen LogP contribution < -0.4 is 5.32 Å². The van der Waals surface area contributed by atoms with Gasteiger partial charge in [-0.3, -0.25) is 9.69 Å². The van der Waals surface area contributed by atoms with Crippen LogP contribution in [0, 0.1) is 12.8 Å². The molecule has 190 valence electrons. The van der Waals surface area contributed by atoms with E-state index in [9.17, 15) is 9.59 Å². The third kappa shape index (κ3) is 8.34. The standard InChI is InChI=1S/C22H27ClN2O3S.C2H2O4/c1-4-28-22(27)20-19(16-5-7-17(23)8-6-16)15(3)29-21(20)24-18(26)13-25-11-9-14(2)10-12-25;3-1(4)2(5)6/h5-8,14H,4,9-13H2,1-3H3,(H,24,26);(H,3,4)(H,5,6). The summed E-state index contributed by atoms with van der Waals surface area (Å²) < 4.78 is 5.29. The maximum Gasteiger partial charge on any atom is 0.414 e. The molecule has 0 atom stereocenters. The summed E-state index contributed by atoms with van der Waals surface area (Å²) in [5.41, 5.74) is 2.07. The summed E-state index contributed by atoms with van der Waals surface area (Å²) in [6.07, 6.45) is 2.22. The third-order valence-corrected chi connectivity index (χ3v) is 6.65. The SMILES string of the molecule is CCOC(=O)c1c(NC(=O)CN2CCC(C)CC2)sc(C)c1-c1ccc(Cl)cc1.O=C(O)C(=O)O. The van der Waals surface area contributed by atoms with Crippen molar-refractivity contribution in [2.45, 2.75) is 33.6 Å². The fraction of sp³-hybridized carbons (Fsp3) is 0.417. The van der Waals surface area contributed by atoms with E-state index in [1.807, 2.05) is 19.1 Å². The molecule has 9 nitrogen and oxygen atoms in total. The number of amides is 1. The van der Waals surface area contributed by atoms with Crippen LogP contribution in [0.5, 0.6) is 0 Å². The molecule has 0 bridgehead atoms. The number of esters is 1. The van der Waals surface area contributed by atoms with Crippen LogP contribution in [0.25, 0.3) is 11.1 Å². The number of carbonyl (C=O) groups is 4. The lowest BCUT2D eigenvalue weighted by molar-refractivity contribution is -0.159. The highest BCUT2D eigenvalue weighted by atomic mass is 35.5. The van der Waals surface area contributed by atoms with Crippen molar-refractivity contribution in [1.29, 1.82) is 0 Å². The van der Waals surface area contributed by atoms with Gasteiger partial charge in [0.1, 0.15) is 10.6 Å². The van der Waals surface area contributed by atoms with Crippen molar-refractivity contribution in [3.05, 3.63) is 39.7 Å². The van der Waals surface area contributed by atoms with Crippen LogP contribution in [0.3, 0.4) is 0 Å². The summed E-state index contributed by atoms with van der Waals surface area (Å²) in [6.45, 7) is 8.43. The summed E-state index contributed by atoms with van der Waals surface area (Å²) in [5, 5.41) is 18.9. The number of carboxylic acids is 2. The minimum absolute atomic E-state index is 0.103. The Kier molecular flexibility index (Phi) is 10.7. The van der Waals surface area contributed by atoms with Crippen LogP contribution in [0.2, 0.25) is 5.02 Å². The first-order valence-electron chi connectivity index (χ1n) is 11.1. The number of piperidine rings is 1. The zero-order valence-corrected chi connectivity index (χ0v) is 21.4. The van der Waals surface area contributed by atoms with Crippen LogP contribution in [0.4, 0.5) is 5.00 Å². The maximum absolute atomic E-state index is 12.7. The number of aliphatic carboxylic acids is 2. The van der Waals surface area contributed by atoms with Crippen molar-refractivity contribution in [3.8, 4) is 11.1 Å². The highest BCUT2D eigenvalue weighted by Gasteiger charge is 2.26. The van der Waals surface area contributed by atoms with E-state index in [1.165, 1.54) is 11.3 Å². The molecule has 1 amide bonds. The van der Waals surface area contributed by atoms with Crippen LogP contribution in [0.15, 0.2) is 24.3 Å². The fourth-order valence-corrected chi connectivity index (χ4v) is 4.79. The molecule has 11 heteroatoms. The number of rotatable bonds is 6. The summed E-state index contributed by atoms with van der Waals surface area (Å²) in [4.78, 5) is 46.7. The molecule has 0 radical (unpaired) electrons. The van der Waals surface area contributed by atoms with Gasteiger partial charge in [-0.25, -0.2) is 14.4 Å². The van der Waals surface area contributed by atoms with Gasteiger partial charge in [0.05, 0.1) is 13.2 Å². The summed E-state index contributed by atoms with van der Waals surface area (Å²) >= 11 is 7.42. The van der Waals surface area contributed by atoms with E-state index >= 15 is 0 Å². The predicted octanol–water partition coefficient (Wildman–Crippen LogP) is 4.38. The minimum atomic E-state index is -1.82. The first-order valence-corrected chi connectivity index (χ1v) is 12.3. The Morgan fingerprint density at radius 3 is 2.20 bits per heavy atom. The topological polar surface area (TPSA) is 133 Å². The summed E-state index contributed by atoms with van der Waals surface area (Å²) in [7, 11) is 0. The van der Waals surface area contributed by atoms with Gasteiger partial charge in [0.2, 0.25) is 5.91 Å². The fourth-order valence-electron chi connectivity index (χ4n) is 3.58. The molecule has 3 N–H and O–H groups in total. The molecule has 1 aromatic carbocycles. The lowest BCUT2D eigenvalue weighted by atomic mass is 9.99. The smallest absolute Gasteiger partial charge is 0.414 e. The van der Waals surface area contributed by atoms with Gasteiger partial charge in [0.15, 0.2) is 0 Å². The molecular weight excluding hydrogens is 496 g/mol. The average molecular weight is 525 g/mol. The Bertz CT molecular complexity index is 1050. The number of carbonyl (C=O) groups excluding carboxylic acids is 2. The second kappa shape index (κ2) is 13.2. The van der Waals surface area contributed by atoms with Crippen molar-refractivity contribution in [2.24, 2.45) is 5.92 Å². The van der Waals surface area contributed by atoms with Gasteiger partial charge >= 0.3 is 17.9 Å². The van der Waals surface area contributed by atoms with E-state index in [-0.39, 0.29) is 12.5 Å². The van der Waals surface area contributed by atoms with E-state index < -0.39 is 17.9 Å². The van der Waals surface area contributed by atoms with Gasteiger partial charge in [-0.05, 0) is 63.4 Å². The van der Waals surface area contributed by atoms with Crippen LogP contribution >= 0.6 is 22.9 Å². The predicted molar refractivity (Wildman–Crippen MR) is 134 cm³/mol. The molecule has 0 saturated carbocycles. The van der Waals surface area contributed by atoms with Gasteiger partial charge < -0.3 is 20.3 Å². The van der Waals surface area contributed by atoms with Crippen LogP contribution in [-0.4, -0.2) is 65.2 Å². The first kappa shape index (κ1) is 28.3. The number of thiophene rings is 1. The first-order chi connectivity index (χ1) is 16.5. The molecule has 2 heterocycles. The van der Waals surface area contributed by atoms with E-state index in [4.69, 9.17) is 36.1 Å². The van der Waals surface area contributed by atoms with Crippen molar-refractivity contribution < 1.29 is 34.1 Å². The molecule has 0 unspecified atom stereocenters. The van der Waals surface area contributed by atoms with E-state index in [0.29, 0.717) is 28.0 Å². The number of aryl methyl sites for hydroxylation is 1. The number of carboxylic acid groups (broad SMARTS) is 2. The summed E-state index contributed by atoms with van der Waals surface area (Å²) in [6, 6.07) is 7.33. The number of nitrogens with one attached hydrogen (secondary N) is 1. The third-order valence-electron chi connectivity index (χ3n) is 5.38. The highest BCUT2D eigenvalue weighted by Crippen LogP contribution is 2.40. The van der Waals surface area contributed by atoms with Crippen molar-refractivity contribution in [2.75, 3.05) is 31.6 Å². The molecule has 1 saturated heterocycles. The molecular formula is C24H29ClN2O7S. The molecule has 1 fully saturated rings. The van der Waals surface area contributed by atoms with Gasteiger partial charge in [-0.2, -0.15) is 0 Å². The Hall–Kier alpha value is -2.95. The molecule has 35 heavy (non-hydrogen) atoms. The number of nitrogens with zero attached hydrogens (tertiary/aromatic N) is 1. The second-order valence-electron chi connectivity index (χ2n) is 8.08. The largest absolute Gasteiger partial charge is 0.473 e. The molecule has 1 aromatic heterocycles. The lowest BCUT2D eigenvalue weighted by Crippen LogP contribution is -2.38. The number of ether oxygens (including phenoxy) is 1. The van der Waals surface area contributed by atoms with Crippen LogP contribution in [-0.2, 0) is 19.1 Å². The number of benzene rings is 1. The Labute approximate surface area is 212 Å². The molecule has 0 aliphatic carbocycles. The van der Waals surface area contributed by atoms with Crippen molar-refractivity contribution in [3.63, 3.8) is 0 Å². The van der Waals surface area contributed by atoms with E-state index in [1.54, 1.807) is 19.1 Å². The molecule has 2 aromatic rings. The summed E-state index contributed by atoms with van der Waals surface area (Å²) in [5.74, 6) is -3.46. The van der Waals surface area contributed by atoms with Gasteiger partial charge in [-0.1, -0.05) is 30.7 Å². The zero-order chi connectivity index (χ0) is 26.1.